The Balaban J connectivity index is 2.50. The standard InChI is InChI=1S/C15H21N3/c1-4-11(5-2)18-15-7-6-14(16)13-9-17-10(3)8-12(13)15/h6-9,11,18H,4-5,16H2,1-3H3. The molecule has 0 aliphatic rings. The molecule has 2 aromatic rings. The molecular weight excluding hydrogens is 222 g/mol. The first-order chi connectivity index (χ1) is 8.65. The highest BCUT2D eigenvalue weighted by Gasteiger charge is 2.08. The number of benzene rings is 1. The van der Waals surface area contributed by atoms with Crippen molar-refractivity contribution < 1.29 is 0 Å². The van der Waals surface area contributed by atoms with Crippen molar-refractivity contribution in [3.05, 3.63) is 30.1 Å². The van der Waals surface area contributed by atoms with Crippen molar-refractivity contribution in [1.29, 1.82) is 0 Å². The van der Waals surface area contributed by atoms with Gasteiger partial charge in [-0.2, -0.15) is 0 Å². The van der Waals surface area contributed by atoms with E-state index >= 15 is 0 Å². The predicted molar refractivity (Wildman–Crippen MR) is 78.9 cm³/mol. The quantitative estimate of drug-likeness (QED) is 0.804. The summed E-state index contributed by atoms with van der Waals surface area (Å²) in [5.41, 5.74) is 8.95. The van der Waals surface area contributed by atoms with Crippen LogP contribution < -0.4 is 11.1 Å². The molecule has 1 aromatic carbocycles. The minimum Gasteiger partial charge on any atom is -0.398 e. The topological polar surface area (TPSA) is 50.9 Å². The van der Waals surface area contributed by atoms with Crippen LogP contribution in [0.4, 0.5) is 11.4 Å². The predicted octanol–water partition coefficient (Wildman–Crippen LogP) is 3.73. The van der Waals surface area contributed by atoms with Gasteiger partial charge in [0.1, 0.15) is 0 Å². The molecule has 1 heterocycles. The normalized spacial score (nSPS) is 11.1. The molecule has 0 spiro atoms. The number of nitrogens with one attached hydrogen (secondary N) is 1. The fraction of sp³-hybridized carbons (Fsp3) is 0.400. The molecular formula is C15H21N3. The molecule has 0 radical (unpaired) electrons. The zero-order valence-electron chi connectivity index (χ0n) is 11.3. The SMILES string of the molecule is CCC(CC)Nc1ccc(N)c2cnc(C)cc12. The first kappa shape index (κ1) is 12.7. The maximum Gasteiger partial charge on any atom is 0.0424 e. The summed E-state index contributed by atoms with van der Waals surface area (Å²) in [6.45, 7) is 6.41. The van der Waals surface area contributed by atoms with Crippen LogP contribution in [0.1, 0.15) is 32.4 Å². The Kier molecular flexibility index (Phi) is 3.70. The summed E-state index contributed by atoms with van der Waals surface area (Å²) in [5.74, 6) is 0. The fourth-order valence-electron chi connectivity index (χ4n) is 2.20. The molecule has 1 aromatic heterocycles. The lowest BCUT2D eigenvalue weighted by molar-refractivity contribution is 0.672. The minimum atomic E-state index is 0.505. The van der Waals surface area contributed by atoms with Crippen LogP contribution in [0, 0.1) is 6.92 Å². The molecule has 0 bridgehead atoms. The summed E-state index contributed by atoms with van der Waals surface area (Å²) in [6.07, 6.45) is 4.09. The number of rotatable bonds is 4. The van der Waals surface area contributed by atoms with Gasteiger partial charge in [0.25, 0.3) is 0 Å². The number of anilines is 2. The van der Waals surface area contributed by atoms with E-state index in [0.29, 0.717) is 6.04 Å². The molecule has 0 saturated heterocycles. The molecule has 96 valence electrons. The van der Waals surface area contributed by atoms with Crippen LogP contribution in [0.15, 0.2) is 24.4 Å². The van der Waals surface area contributed by atoms with Crippen LogP contribution in [0.25, 0.3) is 10.8 Å². The lowest BCUT2D eigenvalue weighted by atomic mass is 10.1. The van der Waals surface area contributed by atoms with E-state index in [9.17, 15) is 0 Å². The second kappa shape index (κ2) is 5.25. The van der Waals surface area contributed by atoms with Gasteiger partial charge < -0.3 is 11.1 Å². The lowest BCUT2D eigenvalue weighted by Crippen LogP contribution is -2.17. The van der Waals surface area contributed by atoms with Gasteiger partial charge in [-0.25, -0.2) is 0 Å². The number of aromatic nitrogens is 1. The molecule has 0 aliphatic carbocycles. The van der Waals surface area contributed by atoms with Crippen LogP contribution in [-0.4, -0.2) is 11.0 Å². The second-order valence-corrected chi connectivity index (χ2v) is 4.73. The Morgan fingerprint density at radius 1 is 1.22 bits per heavy atom. The second-order valence-electron chi connectivity index (χ2n) is 4.73. The van der Waals surface area contributed by atoms with Crippen LogP contribution in [0.3, 0.4) is 0 Å². The summed E-state index contributed by atoms with van der Waals surface area (Å²) >= 11 is 0. The maximum absolute atomic E-state index is 6.00. The van der Waals surface area contributed by atoms with Crippen molar-refractivity contribution >= 4 is 22.1 Å². The molecule has 0 fully saturated rings. The molecule has 3 nitrogen and oxygen atoms in total. The summed E-state index contributed by atoms with van der Waals surface area (Å²) in [7, 11) is 0. The van der Waals surface area contributed by atoms with Crippen molar-refractivity contribution in [3.63, 3.8) is 0 Å². The van der Waals surface area contributed by atoms with E-state index in [1.54, 1.807) is 0 Å². The van der Waals surface area contributed by atoms with Gasteiger partial charge in [0.05, 0.1) is 0 Å². The van der Waals surface area contributed by atoms with Crippen molar-refractivity contribution in [2.24, 2.45) is 0 Å². The molecule has 0 unspecified atom stereocenters. The maximum atomic E-state index is 6.00. The number of aryl methyl sites for hydroxylation is 1. The van der Waals surface area contributed by atoms with E-state index in [0.717, 1.165) is 40.7 Å². The third-order valence-electron chi connectivity index (χ3n) is 3.42. The Labute approximate surface area is 108 Å². The van der Waals surface area contributed by atoms with Gasteiger partial charge >= 0.3 is 0 Å². The van der Waals surface area contributed by atoms with Crippen LogP contribution >= 0.6 is 0 Å². The highest BCUT2D eigenvalue weighted by atomic mass is 14.9. The number of nitrogens with zero attached hydrogens (tertiary/aromatic N) is 1. The Morgan fingerprint density at radius 3 is 2.61 bits per heavy atom. The third kappa shape index (κ3) is 2.40. The number of nitrogen functional groups attached to an aromatic ring is 1. The van der Waals surface area contributed by atoms with Gasteiger partial charge in [-0.3, -0.25) is 4.98 Å². The summed E-state index contributed by atoms with van der Waals surface area (Å²) < 4.78 is 0. The molecule has 0 atom stereocenters. The van der Waals surface area contributed by atoms with Crippen LogP contribution in [-0.2, 0) is 0 Å². The van der Waals surface area contributed by atoms with E-state index in [4.69, 9.17) is 5.73 Å². The Morgan fingerprint density at radius 2 is 1.94 bits per heavy atom. The number of pyridine rings is 1. The highest BCUT2D eigenvalue weighted by Crippen LogP contribution is 2.29. The zero-order chi connectivity index (χ0) is 13.1. The molecule has 2 rings (SSSR count). The monoisotopic (exact) mass is 243 g/mol. The molecule has 0 aliphatic heterocycles. The largest absolute Gasteiger partial charge is 0.398 e. The third-order valence-corrected chi connectivity index (χ3v) is 3.42. The molecule has 3 N–H and O–H groups in total. The van der Waals surface area contributed by atoms with E-state index in [-0.39, 0.29) is 0 Å². The molecule has 18 heavy (non-hydrogen) atoms. The summed E-state index contributed by atoms with van der Waals surface area (Å²) in [6, 6.07) is 6.61. The number of hydrogen-bond acceptors (Lipinski definition) is 3. The van der Waals surface area contributed by atoms with Gasteiger partial charge in [0.2, 0.25) is 0 Å². The van der Waals surface area contributed by atoms with Crippen molar-refractivity contribution in [3.8, 4) is 0 Å². The first-order valence-corrected chi connectivity index (χ1v) is 6.57. The minimum absolute atomic E-state index is 0.505. The average Bonchev–Trinajstić information content (AvgIpc) is 2.38. The lowest BCUT2D eigenvalue weighted by Gasteiger charge is -2.18. The Bertz CT molecular complexity index is 545. The number of nitrogens with two attached hydrogens (primary N) is 1. The molecule has 0 saturated carbocycles. The zero-order valence-corrected chi connectivity index (χ0v) is 11.3. The number of fused-ring (bicyclic) bond motifs is 1. The summed E-state index contributed by atoms with van der Waals surface area (Å²) in [5, 5.41) is 5.78. The van der Waals surface area contributed by atoms with Gasteiger partial charge in [-0.1, -0.05) is 13.8 Å². The molecule has 0 amide bonds. The highest BCUT2D eigenvalue weighted by molar-refractivity contribution is 6.00. The van der Waals surface area contributed by atoms with Gasteiger partial charge in [-0.15, -0.1) is 0 Å². The van der Waals surface area contributed by atoms with Crippen molar-refractivity contribution in [2.45, 2.75) is 39.7 Å². The van der Waals surface area contributed by atoms with Crippen LogP contribution in [0.5, 0.6) is 0 Å². The smallest absolute Gasteiger partial charge is 0.0424 e. The first-order valence-electron chi connectivity index (χ1n) is 6.57. The molecule has 3 heteroatoms. The van der Waals surface area contributed by atoms with Gasteiger partial charge in [0.15, 0.2) is 0 Å². The fourth-order valence-corrected chi connectivity index (χ4v) is 2.20. The van der Waals surface area contributed by atoms with E-state index in [1.807, 2.05) is 19.2 Å². The van der Waals surface area contributed by atoms with E-state index < -0.39 is 0 Å². The average molecular weight is 243 g/mol. The van der Waals surface area contributed by atoms with Crippen molar-refractivity contribution in [2.75, 3.05) is 11.1 Å². The van der Waals surface area contributed by atoms with E-state index in [1.165, 1.54) is 0 Å². The van der Waals surface area contributed by atoms with E-state index in [2.05, 4.69) is 36.3 Å². The van der Waals surface area contributed by atoms with Gasteiger partial charge in [0, 0.05) is 40.1 Å². The Hall–Kier alpha value is -1.77. The van der Waals surface area contributed by atoms with Crippen molar-refractivity contribution in [1.82, 2.24) is 4.98 Å². The van der Waals surface area contributed by atoms with Gasteiger partial charge in [-0.05, 0) is 38.0 Å². The summed E-state index contributed by atoms with van der Waals surface area (Å²) in [4.78, 5) is 4.32. The van der Waals surface area contributed by atoms with Crippen LogP contribution in [0.2, 0.25) is 0 Å². The number of hydrogen-bond donors (Lipinski definition) is 2.